The number of ether oxygens (including phenoxy) is 2. The van der Waals surface area contributed by atoms with Crippen molar-refractivity contribution in [3.05, 3.63) is 34.9 Å². The summed E-state index contributed by atoms with van der Waals surface area (Å²) in [5.41, 5.74) is 0.981. The van der Waals surface area contributed by atoms with Crippen LogP contribution in [0.1, 0.15) is 44.8 Å². The van der Waals surface area contributed by atoms with Crippen molar-refractivity contribution in [3.8, 4) is 0 Å². The van der Waals surface area contributed by atoms with Crippen LogP contribution in [0.3, 0.4) is 0 Å². The Labute approximate surface area is 208 Å². The third-order valence-corrected chi connectivity index (χ3v) is 6.86. The smallest absolute Gasteiger partial charge is 0.406 e. The van der Waals surface area contributed by atoms with Gasteiger partial charge in [0.2, 0.25) is 0 Å². The van der Waals surface area contributed by atoms with Gasteiger partial charge in [-0.05, 0) is 48.8 Å². The van der Waals surface area contributed by atoms with Gasteiger partial charge in [-0.3, -0.25) is 0 Å². The van der Waals surface area contributed by atoms with Gasteiger partial charge < -0.3 is 30.3 Å². The number of nitrogens with zero attached hydrogens (tertiary/aromatic N) is 1. The second-order valence-corrected chi connectivity index (χ2v) is 10.2. The van der Waals surface area contributed by atoms with E-state index in [-0.39, 0.29) is 24.1 Å². The van der Waals surface area contributed by atoms with Crippen molar-refractivity contribution < 1.29 is 19.1 Å². The first-order valence-corrected chi connectivity index (χ1v) is 12.7. The highest BCUT2D eigenvalue weighted by Gasteiger charge is 2.34. The molecule has 34 heavy (non-hydrogen) atoms. The Hall–Kier alpha value is -2.03. The van der Waals surface area contributed by atoms with Crippen LogP contribution in [0.4, 0.5) is 9.59 Å². The molecule has 0 radical (unpaired) electrons. The fourth-order valence-corrected chi connectivity index (χ4v) is 5.24. The van der Waals surface area contributed by atoms with Crippen LogP contribution < -0.4 is 16.0 Å². The molecule has 3 rings (SSSR count). The molecule has 0 bridgehead atoms. The number of rotatable bonds is 9. The molecule has 0 aliphatic carbocycles. The normalized spacial score (nSPS) is 23.6. The maximum atomic E-state index is 13.2. The Kier molecular flexibility index (Phi) is 10.3. The summed E-state index contributed by atoms with van der Waals surface area (Å²) in [5.74, 6) is 1.20. The summed E-state index contributed by atoms with van der Waals surface area (Å²) in [6, 6.07) is 7.84. The van der Waals surface area contributed by atoms with E-state index in [0.717, 1.165) is 44.5 Å². The zero-order valence-corrected chi connectivity index (χ0v) is 21.3. The molecule has 1 aromatic rings. The monoisotopic (exact) mass is 494 g/mol. The molecule has 2 fully saturated rings. The maximum absolute atomic E-state index is 13.2. The van der Waals surface area contributed by atoms with Crippen molar-refractivity contribution in [2.75, 3.05) is 46.4 Å². The van der Waals surface area contributed by atoms with E-state index in [4.69, 9.17) is 16.3 Å². The number of piperidine rings is 1. The highest BCUT2D eigenvalue weighted by Crippen LogP contribution is 2.34. The molecular weight excluding hydrogens is 456 g/mol. The number of alkyl carbamates (subject to hydrolysis) is 1. The molecule has 9 heteroatoms. The number of carbonyl (C=O) groups excluding carboxylic acids is 2. The van der Waals surface area contributed by atoms with Gasteiger partial charge in [0.15, 0.2) is 0 Å². The number of nitrogens with one attached hydrogen (secondary N) is 3. The summed E-state index contributed by atoms with van der Waals surface area (Å²) in [5, 5.41) is 10.0. The lowest BCUT2D eigenvalue weighted by Crippen LogP contribution is -2.51. The van der Waals surface area contributed by atoms with Gasteiger partial charge in [-0.1, -0.05) is 37.6 Å². The predicted molar refractivity (Wildman–Crippen MR) is 133 cm³/mol. The highest BCUT2D eigenvalue weighted by atomic mass is 35.5. The van der Waals surface area contributed by atoms with E-state index in [1.807, 2.05) is 29.2 Å². The number of benzene rings is 1. The Morgan fingerprint density at radius 1 is 1.29 bits per heavy atom. The molecule has 0 aromatic heterocycles. The SMILES string of the molecule is COC(=O)NCCOC(c1cccc(Cl)c1)C1CCCN(C(=O)NC2CNCC2CC(C)C)C1. The van der Waals surface area contributed by atoms with Crippen LogP contribution in [0.5, 0.6) is 0 Å². The van der Waals surface area contributed by atoms with Crippen LogP contribution >= 0.6 is 11.6 Å². The minimum absolute atomic E-state index is 0.00404. The van der Waals surface area contributed by atoms with Crippen LogP contribution in [0.2, 0.25) is 5.02 Å². The zero-order valence-electron chi connectivity index (χ0n) is 20.5. The molecule has 8 nitrogen and oxygen atoms in total. The van der Waals surface area contributed by atoms with E-state index in [9.17, 15) is 9.59 Å². The third-order valence-electron chi connectivity index (χ3n) is 6.63. The van der Waals surface area contributed by atoms with Crippen molar-refractivity contribution in [1.29, 1.82) is 0 Å². The fraction of sp³-hybridized carbons (Fsp3) is 0.680. The minimum Gasteiger partial charge on any atom is -0.453 e. The third kappa shape index (κ3) is 7.75. The molecule has 4 atom stereocenters. The number of hydrogen-bond acceptors (Lipinski definition) is 5. The van der Waals surface area contributed by atoms with E-state index in [2.05, 4.69) is 34.5 Å². The van der Waals surface area contributed by atoms with Crippen molar-refractivity contribution in [2.45, 2.75) is 45.3 Å². The van der Waals surface area contributed by atoms with Crippen LogP contribution in [0, 0.1) is 17.8 Å². The van der Waals surface area contributed by atoms with Gasteiger partial charge in [-0.15, -0.1) is 0 Å². The molecule has 190 valence electrons. The predicted octanol–water partition coefficient (Wildman–Crippen LogP) is 3.81. The number of methoxy groups -OCH3 is 1. The summed E-state index contributed by atoms with van der Waals surface area (Å²) in [7, 11) is 1.33. The van der Waals surface area contributed by atoms with Gasteiger partial charge in [0.25, 0.3) is 0 Å². The largest absolute Gasteiger partial charge is 0.453 e. The number of likely N-dealkylation sites (tertiary alicyclic amines) is 1. The quantitative estimate of drug-likeness (QED) is 0.454. The topological polar surface area (TPSA) is 91.9 Å². The fourth-order valence-electron chi connectivity index (χ4n) is 5.05. The summed E-state index contributed by atoms with van der Waals surface area (Å²) in [6.07, 6.45) is 2.25. The van der Waals surface area contributed by atoms with Gasteiger partial charge in [-0.25, -0.2) is 9.59 Å². The summed E-state index contributed by atoms with van der Waals surface area (Å²) in [4.78, 5) is 26.5. The molecule has 4 unspecified atom stereocenters. The Balaban J connectivity index is 1.63. The first kappa shape index (κ1) is 26.6. The van der Waals surface area contributed by atoms with Crippen LogP contribution in [-0.2, 0) is 9.47 Å². The van der Waals surface area contributed by atoms with E-state index in [1.165, 1.54) is 7.11 Å². The van der Waals surface area contributed by atoms with E-state index in [0.29, 0.717) is 36.6 Å². The lowest BCUT2D eigenvalue weighted by atomic mass is 9.88. The molecule has 2 aliphatic rings. The Morgan fingerprint density at radius 2 is 2.12 bits per heavy atom. The van der Waals surface area contributed by atoms with Gasteiger partial charge in [0, 0.05) is 49.7 Å². The molecular formula is C25H39ClN4O4. The zero-order chi connectivity index (χ0) is 24.5. The molecule has 0 spiro atoms. The van der Waals surface area contributed by atoms with Crippen molar-refractivity contribution >= 4 is 23.7 Å². The molecule has 2 saturated heterocycles. The van der Waals surface area contributed by atoms with Gasteiger partial charge in [0.1, 0.15) is 0 Å². The average molecular weight is 495 g/mol. The van der Waals surface area contributed by atoms with Crippen molar-refractivity contribution in [1.82, 2.24) is 20.9 Å². The Bertz CT molecular complexity index is 809. The molecule has 2 heterocycles. The Morgan fingerprint density at radius 3 is 2.85 bits per heavy atom. The molecule has 3 N–H and O–H groups in total. The molecule has 0 saturated carbocycles. The summed E-state index contributed by atoms with van der Waals surface area (Å²) in [6.45, 7) is 8.25. The second kappa shape index (κ2) is 13.2. The van der Waals surface area contributed by atoms with Gasteiger partial charge in [0.05, 0.1) is 19.8 Å². The molecule has 3 amide bonds. The maximum Gasteiger partial charge on any atom is 0.406 e. The first-order valence-electron chi connectivity index (χ1n) is 12.3. The number of hydrogen-bond donors (Lipinski definition) is 3. The minimum atomic E-state index is -0.486. The van der Waals surface area contributed by atoms with Gasteiger partial charge >= 0.3 is 12.1 Å². The number of carbonyl (C=O) groups is 2. The number of halogens is 1. The molecule has 1 aromatic carbocycles. The average Bonchev–Trinajstić information content (AvgIpc) is 3.24. The first-order chi connectivity index (χ1) is 16.4. The number of amides is 3. The van der Waals surface area contributed by atoms with Crippen LogP contribution in [-0.4, -0.2) is 69.5 Å². The summed E-state index contributed by atoms with van der Waals surface area (Å²) >= 11 is 6.26. The van der Waals surface area contributed by atoms with Crippen molar-refractivity contribution in [2.24, 2.45) is 17.8 Å². The lowest BCUT2D eigenvalue weighted by molar-refractivity contribution is -0.00865. The number of urea groups is 1. The van der Waals surface area contributed by atoms with E-state index < -0.39 is 6.09 Å². The lowest BCUT2D eigenvalue weighted by Gasteiger charge is -2.38. The van der Waals surface area contributed by atoms with Gasteiger partial charge in [-0.2, -0.15) is 0 Å². The van der Waals surface area contributed by atoms with E-state index in [1.54, 1.807) is 0 Å². The highest BCUT2D eigenvalue weighted by molar-refractivity contribution is 6.30. The molecule has 2 aliphatic heterocycles. The summed E-state index contributed by atoms with van der Waals surface area (Å²) < 4.78 is 10.9. The second-order valence-electron chi connectivity index (χ2n) is 9.72. The standard InChI is InChI=1S/C25H39ClN4O4/c1-17(2)12-20-14-27-15-22(20)29-24(31)30-10-5-7-19(16-30)23(18-6-4-8-21(26)13-18)34-11-9-28-25(32)33-3/h4,6,8,13,17,19-20,22-23,27H,5,7,9-12,14-16H2,1-3H3,(H,28,32)(H,29,31). The van der Waals surface area contributed by atoms with Crippen molar-refractivity contribution in [3.63, 3.8) is 0 Å². The van der Waals surface area contributed by atoms with E-state index >= 15 is 0 Å². The van der Waals surface area contributed by atoms with Crippen LogP contribution in [0.25, 0.3) is 0 Å². The van der Waals surface area contributed by atoms with Crippen LogP contribution in [0.15, 0.2) is 24.3 Å².